The summed E-state index contributed by atoms with van der Waals surface area (Å²) in [6.45, 7) is 0.805. The quantitative estimate of drug-likeness (QED) is 0.404. The smallest absolute Gasteiger partial charge is 0.293 e. The van der Waals surface area contributed by atoms with E-state index in [-0.39, 0.29) is 0 Å². The van der Waals surface area contributed by atoms with Gasteiger partial charge in [-0.3, -0.25) is 4.79 Å². The molecule has 0 radical (unpaired) electrons. The normalized spacial score (nSPS) is 11.2. The third-order valence-electron chi connectivity index (χ3n) is 1.04. The average Bonchev–Trinajstić information content (AvgIpc) is 1.85. The van der Waals surface area contributed by atoms with Crippen molar-refractivity contribution in [3.63, 3.8) is 0 Å². The number of unbranched alkanes of at least 4 members (excludes halogenated alkanes) is 1. The van der Waals surface area contributed by atoms with Crippen LogP contribution in [-0.4, -0.2) is 16.9 Å². The largest absolute Gasteiger partial charge is 0.468 e. The van der Waals surface area contributed by atoms with E-state index in [0.29, 0.717) is 19.5 Å². The summed E-state index contributed by atoms with van der Waals surface area (Å²) in [6, 6.07) is 0. The van der Waals surface area contributed by atoms with Crippen LogP contribution in [0.4, 0.5) is 0 Å². The first-order chi connectivity index (χ1) is 5.06. The molecule has 0 saturated heterocycles. The number of halogens is 3. The Labute approximate surface area is 80.7 Å². The lowest BCUT2D eigenvalue weighted by molar-refractivity contribution is -0.128. The molecule has 66 valence electrons. The van der Waals surface area contributed by atoms with Gasteiger partial charge in [-0.15, -0.1) is 0 Å². The molecule has 0 aromatic rings. The molecule has 0 aliphatic rings. The second-order valence-corrected chi connectivity index (χ2v) is 4.56. The number of ether oxygens (including phenoxy) is 1. The lowest BCUT2D eigenvalue weighted by atomic mass is 10.3. The van der Waals surface area contributed by atoms with Gasteiger partial charge in [-0.05, 0) is 19.3 Å². The van der Waals surface area contributed by atoms with E-state index in [1.165, 1.54) is 0 Å². The van der Waals surface area contributed by atoms with Gasteiger partial charge in [0, 0.05) is 0 Å². The predicted octanol–water partition coefficient (Wildman–Crippen LogP) is 2.70. The van der Waals surface area contributed by atoms with E-state index >= 15 is 0 Å². The zero-order chi connectivity index (χ0) is 8.74. The topological polar surface area (TPSA) is 26.3 Å². The first kappa shape index (κ1) is 11.3. The summed E-state index contributed by atoms with van der Waals surface area (Å²) >= 11 is 16.4. The molecule has 0 aromatic carbocycles. The molecule has 2 nitrogen and oxygen atoms in total. The minimum atomic E-state index is -1.18. The summed E-state index contributed by atoms with van der Waals surface area (Å²) < 4.78 is 3.26. The van der Waals surface area contributed by atoms with Crippen molar-refractivity contribution in [1.82, 2.24) is 0 Å². The minimum absolute atomic E-state index is 0.393. The second kappa shape index (κ2) is 5.92. The maximum Gasteiger partial charge on any atom is 0.293 e. The molecular weight excluding hydrogens is 210 g/mol. The van der Waals surface area contributed by atoms with Gasteiger partial charge in [0.2, 0.25) is 0 Å². The van der Waals surface area contributed by atoms with Crippen molar-refractivity contribution in [2.45, 2.75) is 23.1 Å². The molecule has 0 bridgehead atoms. The SMILES string of the molecule is O=COCCCCC(Cl)(Cl)Cl. The number of carbonyl (C=O) groups is 1. The minimum Gasteiger partial charge on any atom is -0.468 e. The Hall–Kier alpha value is 0.340. The highest BCUT2D eigenvalue weighted by molar-refractivity contribution is 6.67. The van der Waals surface area contributed by atoms with Crippen LogP contribution >= 0.6 is 34.8 Å². The van der Waals surface area contributed by atoms with Gasteiger partial charge < -0.3 is 4.74 Å². The van der Waals surface area contributed by atoms with Gasteiger partial charge >= 0.3 is 0 Å². The van der Waals surface area contributed by atoms with Crippen LogP contribution < -0.4 is 0 Å². The van der Waals surface area contributed by atoms with E-state index in [0.717, 1.165) is 12.8 Å². The fourth-order valence-electron chi connectivity index (χ4n) is 0.559. The molecule has 0 aliphatic carbocycles. The van der Waals surface area contributed by atoms with Crippen LogP contribution in [0, 0.1) is 0 Å². The molecule has 0 unspecified atom stereocenters. The van der Waals surface area contributed by atoms with Gasteiger partial charge in [-0.2, -0.15) is 0 Å². The average molecular weight is 219 g/mol. The Bertz CT molecular complexity index is 111. The summed E-state index contributed by atoms with van der Waals surface area (Å²) in [5, 5.41) is 0. The summed E-state index contributed by atoms with van der Waals surface area (Å²) in [6.07, 6.45) is 1.96. The molecule has 0 heterocycles. The molecule has 0 fully saturated rings. The Balaban J connectivity index is 3.08. The van der Waals surface area contributed by atoms with E-state index in [4.69, 9.17) is 34.8 Å². The molecule has 0 aliphatic heterocycles. The third kappa shape index (κ3) is 10.3. The third-order valence-corrected chi connectivity index (χ3v) is 1.61. The number of hydrogen-bond donors (Lipinski definition) is 0. The van der Waals surface area contributed by atoms with E-state index in [1.807, 2.05) is 0 Å². The number of alkyl halides is 3. The standard InChI is InChI=1S/C6H9Cl3O2/c7-6(8,9)3-1-2-4-11-5-10/h5H,1-4H2. The number of carbonyl (C=O) groups excluding carboxylic acids is 1. The highest BCUT2D eigenvalue weighted by atomic mass is 35.6. The van der Waals surface area contributed by atoms with Crippen molar-refractivity contribution < 1.29 is 9.53 Å². The van der Waals surface area contributed by atoms with Crippen molar-refractivity contribution in [3.8, 4) is 0 Å². The second-order valence-electron chi connectivity index (χ2n) is 2.04. The molecule has 11 heavy (non-hydrogen) atoms. The van der Waals surface area contributed by atoms with Crippen LogP contribution in [0.2, 0.25) is 0 Å². The lowest BCUT2D eigenvalue weighted by Crippen LogP contribution is -2.02. The number of rotatable bonds is 5. The first-order valence-electron chi connectivity index (χ1n) is 3.18. The zero-order valence-corrected chi connectivity index (χ0v) is 8.12. The molecule has 0 atom stereocenters. The van der Waals surface area contributed by atoms with Crippen LogP contribution in [0.25, 0.3) is 0 Å². The summed E-state index contributed by atoms with van der Waals surface area (Å²) in [7, 11) is 0. The van der Waals surface area contributed by atoms with Crippen LogP contribution in [0.1, 0.15) is 19.3 Å². The fourth-order valence-corrected chi connectivity index (χ4v) is 0.960. The fraction of sp³-hybridized carbons (Fsp3) is 0.833. The molecule has 5 heteroatoms. The van der Waals surface area contributed by atoms with E-state index in [9.17, 15) is 4.79 Å². The molecule has 0 saturated carbocycles. The molecular formula is C6H9Cl3O2. The maximum absolute atomic E-state index is 9.66. The van der Waals surface area contributed by atoms with Gasteiger partial charge in [0.15, 0.2) is 3.79 Å². The van der Waals surface area contributed by atoms with Gasteiger partial charge in [0.1, 0.15) is 0 Å². The van der Waals surface area contributed by atoms with Gasteiger partial charge in [0.05, 0.1) is 6.61 Å². The summed E-state index contributed by atoms with van der Waals surface area (Å²) in [4.78, 5) is 9.66. The molecule has 0 N–H and O–H groups in total. The predicted molar refractivity (Wildman–Crippen MR) is 46.2 cm³/mol. The monoisotopic (exact) mass is 218 g/mol. The number of hydrogen-bond acceptors (Lipinski definition) is 2. The highest BCUT2D eigenvalue weighted by Crippen LogP contribution is 2.31. The van der Waals surface area contributed by atoms with Gasteiger partial charge in [-0.25, -0.2) is 0 Å². The Morgan fingerprint density at radius 2 is 1.91 bits per heavy atom. The van der Waals surface area contributed by atoms with Crippen molar-refractivity contribution in [1.29, 1.82) is 0 Å². The van der Waals surface area contributed by atoms with Crippen LogP contribution in [0.5, 0.6) is 0 Å². The molecule has 0 rings (SSSR count). The molecule has 0 amide bonds. The van der Waals surface area contributed by atoms with Crippen molar-refractivity contribution >= 4 is 41.3 Å². The van der Waals surface area contributed by atoms with E-state index in [2.05, 4.69) is 4.74 Å². The Morgan fingerprint density at radius 3 is 2.36 bits per heavy atom. The zero-order valence-electron chi connectivity index (χ0n) is 5.86. The summed E-state index contributed by atoms with van der Waals surface area (Å²) in [5.74, 6) is 0. The van der Waals surface area contributed by atoms with Crippen molar-refractivity contribution in [2.24, 2.45) is 0 Å². The Kier molecular flexibility index (Phi) is 6.11. The van der Waals surface area contributed by atoms with Crippen LogP contribution in [0.3, 0.4) is 0 Å². The van der Waals surface area contributed by atoms with E-state index in [1.54, 1.807) is 0 Å². The van der Waals surface area contributed by atoms with Gasteiger partial charge in [-0.1, -0.05) is 34.8 Å². The van der Waals surface area contributed by atoms with Crippen LogP contribution in [-0.2, 0) is 9.53 Å². The molecule has 0 spiro atoms. The van der Waals surface area contributed by atoms with Crippen molar-refractivity contribution in [3.05, 3.63) is 0 Å². The molecule has 0 aromatic heterocycles. The van der Waals surface area contributed by atoms with Crippen LogP contribution in [0.15, 0.2) is 0 Å². The Morgan fingerprint density at radius 1 is 1.27 bits per heavy atom. The maximum atomic E-state index is 9.66. The summed E-state index contributed by atoms with van der Waals surface area (Å²) in [5.41, 5.74) is 0. The first-order valence-corrected chi connectivity index (χ1v) is 4.31. The lowest BCUT2D eigenvalue weighted by Gasteiger charge is -2.08. The highest BCUT2D eigenvalue weighted by Gasteiger charge is 2.17. The van der Waals surface area contributed by atoms with E-state index < -0.39 is 3.79 Å². The van der Waals surface area contributed by atoms with Crippen molar-refractivity contribution in [2.75, 3.05) is 6.61 Å². The van der Waals surface area contributed by atoms with Gasteiger partial charge in [0.25, 0.3) is 6.47 Å².